The van der Waals surface area contributed by atoms with Crippen molar-refractivity contribution >= 4 is 0 Å². The van der Waals surface area contributed by atoms with E-state index in [1.165, 1.54) is 12.3 Å². The van der Waals surface area contributed by atoms with E-state index in [2.05, 4.69) is 4.74 Å². The summed E-state index contributed by atoms with van der Waals surface area (Å²) in [4.78, 5) is 0. The normalized spacial score (nSPS) is 14.1. The Labute approximate surface area is 79.9 Å². The van der Waals surface area contributed by atoms with Crippen LogP contribution in [0.3, 0.4) is 0 Å². The number of pyridine rings is 1. The van der Waals surface area contributed by atoms with E-state index in [1.807, 2.05) is 0 Å². The molecule has 1 aromatic rings. The number of alkyl halides is 3. The predicted molar refractivity (Wildman–Crippen MR) is 43.4 cm³/mol. The second kappa shape index (κ2) is 3.96. The Balaban J connectivity index is 3.01. The molecule has 0 aliphatic heterocycles. The van der Waals surface area contributed by atoms with Crippen molar-refractivity contribution in [3.05, 3.63) is 30.1 Å². The zero-order valence-corrected chi connectivity index (χ0v) is 7.88. The van der Waals surface area contributed by atoms with Gasteiger partial charge in [-0.1, -0.05) is 0 Å². The van der Waals surface area contributed by atoms with Crippen molar-refractivity contribution in [2.24, 2.45) is 7.05 Å². The molecule has 14 heavy (non-hydrogen) atoms. The van der Waals surface area contributed by atoms with E-state index >= 15 is 0 Å². The van der Waals surface area contributed by atoms with Gasteiger partial charge in [0.25, 0.3) is 0 Å². The third-order valence-corrected chi connectivity index (χ3v) is 1.80. The van der Waals surface area contributed by atoms with Gasteiger partial charge in [-0.05, 0) is 6.07 Å². The van der Waals surface area contributed by atoms with Gasteiger partial charge in [0, 0.05) is 13.2 Å². The fourth-order valence-corrected chi connectivity index (χ4v) is 1.22. The molecule has 0 amide bonds. The Morgan fingerprint density at radius 3 is 2.50 bits per heavy atom. The Kier molecular flexibility index (Phi) is 3.10. The van der Waals surface area contributed by atoms with Crippen molar-refractivity contribution in [2.75, 3.05) is 7.11 Å². The summed E-state index contributed by atoms with van der Waals surface area (Å²) in [5, 5.41) is 0. The highest BCUT2D eigenvalue weighted by molar-refractivity contribution is 5.11. The maximum absolute atomic E-state index is 12.4. The highest BCUT2D eigenvalue weighted by Gasteiger charge is 2.42. The number of hydrogen-bond acceptors (Lipinski definition) is 1. The van der Waals surface area contributed by atoms with Crippen LogP contribution in [0.1, 0.15) is 11.7 Å². The summed E-state index contributed by atoms with van der Waals surface area (Å²) >= 11 is 0. The van der Waals surface area contributed by atoms with Crippen LogP contribution in [0.4, 0.5) is 13.2 Å². The van der Waals surface area contributed by atoms with E-state index in [0.717, 1.165) is 7.11 Å². The third kappa shape index (κ3) is 2.45. The minimum atomic E-state index is -4.37. The second-order valence-corrected chi connectivity index (χ2v) is 2.96. The van der Waals surface area contributed by atoms with Crippen molar-refractivity contribution < 1.29 is 22.5 Å². The first kappa shape index (κ1) is 11.0. The van der Waals surface area contributed by atoms with Crippen LogP contribution in [-0.4, -0.2) is 13.3 Å². The molecule has 1 aromatic heterocycles. The summed E-state index contributed by atoms with van der Waals surface area (Å²) in [5.41, 5.74) is 0.102. The topological polar surface area (TPSA) is 13.1 Å². The molecule has 0 N–H and O–H groups in total. The smallest absolute Gasteiger partial charge is 0.367 e. The van der Waals surface area contributed by atoms with E-state index in [1.54, 1.807) is 23.9 Å². The lowest BCUT2D eigenvalue weighted by Gasteiger charge is -2.17. The number of nitrogens with zero attached hydrogens (tertiary/aromatic N) is 1. The van der Waals surface area contributed by atoms with Crippen LogP contribution in [-0.2, 0) is 11.8 Å². The zero-order chi connectivity index (χ0) is 10.8. The van der Waals surface area contributed by atoms with Crippen LogP contribution in [0.15, 0.2) is 24.5 Å². The largest absolute Gasteiger partial charge is 0.419 e. The Bertz CT molecular complexity index is 311. The molecule has 0 radical (unpaired) electrons. The van der Waals surface area contributed by atoms with Gasteiger partial charge in [-0.3, -0.25) is 0 Å². The first-order valence-corrected chi connectivity index (χ1v) is 4.00. The minimum absolute atomic E-state index is 0.102. The number of ether oxygens (including phenoxy) is 1. The molecular weight excluding hydrogens is 195 g/mol. The van der Waals surface area contributed by atoms with Crippen LogP contribution < -0.4 is 4.57 Å². The van der Waals surface area contributed by atoms with Crippen molar-refractivity contribution in [3.8, 4) is 0 Å². The first-order valence-electron chi connectivity index (χ1n) is 4.00. The molecule has 0 aliphatic carbocycles. The molecule has 5 heteroatoms. The fraction of sp³-hybridized carbons (Fsp3) is 0.444. The molecule has 0 saturated heterocycles. The van der Waals surface area contributed by atoms with Gasteiger partial charge in [-0.2, -0.15) is 13.2 Å². The number of methoxy groups -OCH3 is 1. The molecule has 2 nitrogen and oxygen atoms in total. The summed E-state index contributed by atoms with van der Waals surface area (Å²) in [5.74, 6) is 0. The van der Waals surface area contributed by atoms with Crippen molar-refractivity contribution in [1.29, 1.82) is 0 Å². The van der Waals surface area contributed by atoms with E-state index in [9.17, 15) is 13.2 Å². The molecule has 0 fully saturated rings. The molecule has 1 atom stereocenters. The molecule has 78 valence electrons. The maximum atomic E-state index is 12.4. The van der Waals surface area contributed by atoms with Gasteiger partial charge < -0.3 is 4.74 Å². The zero-order valence-electron chi connectivity index (χ0n) is 7.88. The molecule has 0 saturated carbocycles. The van der Waals surface area contributed by atoms with E-state index in [-0.39, 0.29) is 5.56 Å². The van der Waals surface area contributed by atoms with Gasteiger partial charge in [0.05, 0.1) is 5.56 Å². The van der Waals surface area contributed by atoms with Crippen LogP contribution >= 0.6 is 0 Å². The lowest BCUT2D eigenvalue weighted by Crippen LogP contribution is -2.30. The Morgan fingerprint density at radius 1 is 1.43 bits per heavy atom. The van der Waals surface area contributed by atoms with Crippen molar-refractivity contribution in [1.82, 2.24) is 0 Å². The molecule has 0 aliphatic rings. The predicted octanol–water partition coefficient (Wildman–Crippen LogP) is 1.76. The van der Waals surface area contributed by atoms with Gasteiger partial charge in [0.2, 0.25) is 0 Å². The van der Waals surface area contributed by atoms with Gasteiger partial charge in [-0.25, -0.2) is 4.57 Å². The molecule has 0 spiro atoms. The molecule has 1 heterocycles. The molecule has 0 aromatic carbocycles. The standard InChI is InChI=1S/C9H11F3NO/c1-13-5-3-4-7(6-13)8(14-2)9(10,11)12/h3-6,8H,1-2H3/q+1. The highest BCUT2D eigenvalue weighted by atomic mass is 19.4. The summed E-state index contributed by atoms with van der Waals surface area (Å²) < 4.78 is 43.2. The second-order valence-electron chi connectivity index (χ2n) is 2.96. The highest BCUT2D eigenvalue weighted by Crippen LogP contribution is 2.34. The van der Waals surface area contributed by atoms with Crippen LogP contribution in [0.5, 0.6) is 0 Å². The number of rotatable bonds is 2. The third-order valence-electron chi connectivity index (χ3n) is 1.80. The van der Waals surface area contributed by atoms with Crippen LogP contribution in [0, 0.1) is 0 Å². The molecule has 1 rings (SSSR count). The SMILES string of the molecule is COC(c1ccc[n+](C)c1)C(F)(F)F. The minimum Gasteiger partial charge on any atom is -0.367 e. The summed E-state index contributed by atoms with van der Waals surface area (Å²) in [7, 11) is 2.71. The number of aromatic nitrogens is 1. The molecule has 1 unspecified atom stereocenters. The van der Waals surface area contributed by atoms with E-state index < -0.39 is 12.3 Å². The summed E-state index contributed by atoms with van der Waals surface area (Å²) in [6.07, 6.45) is -3.17. The van der Waals surface area contributed by atoms with Crippen molar-refractivity contribution in [2.45, 2.75) is 12.3 Å². The summed E-state index contributed by atoms with van der Waals surface area (Å²) in [6.45, 7) is 0. The average molecular weight is 206 g/mol. The van der Waals surface area contributed by atoms with Crippen LogP contribution in [0.2, 0.25) is 0 Å². The van der Waals surface area contributed by atoms with Gasteiger partial charge >= 0.3 is 6.18 Å². The quantitative estimate of drug-likeness (QED) is 0.672. The maximum Gasteiger partial charge on any atom is 0.419 e. The van der Waals surface area contributed by atoms with E-state index in [4.69, 9.17) is 0 Å². The Morgan fingerprint density at radius 2 is 2.07 bits per heavy atom. The number of hydrogen-bond donors (Lipinski definition) is 0. The van der Waals surface area contributed by atoms with Gasteiger partial charge in [-0.15, -0.1) is 0 Å². The fourth-order valence-electron chi connectivity index (χ4n) is 1.22. The molecular formula is C9H11F3NO+. The van der Waals surface area contributed by atoms with E-state index in [0.29, 0.717) is 0 Å². The number of aryl methyl sites for hydroxylation is 1. The summed E-state index contributed by atoms with van der Waals surface area (Å²) in [6, 6.07) is 2.94. The lowest BCUT2D eigenvalue weighted by atomic mass is 10.1. The van der Waals surface area contributed by atoms with Crippen LogP contribution in [0.25, 0.3) is 0 Å². The Hall–Kier alpha value is -1.10. The van der Waals surface area contributed by atoms with Gasteiger partial charge in [0.15, 0.2) is 18.5 Å². The average Bonchev–Trinajstić information content (AvgIpc) is 2.02. The molecule has 0 bridgehead atoms. The van der Waals surface area contributed by atoms with Crippen molar-refractivity contribution in [3.63, 3.8) is 0 Å². The first-order chi connectivity index (χ1) is 6.45. The van der Waals surface area contributed by atoms with Gasteiger partial charge in [0.1, 0.15) is 7.05 Å². The number of halogens is 3. The lowest BCUT2D eigenvalue weighted by molar-refractivity contribution is -0.672. The monoisotopic (exact) mass is 206 g/mol.